The van der Waals surface area contributed by atoms with Gasteiger partial charge in [0.1, 0.15) is 0 Å². The molecule has 0 atom stereocenters. The van der Waals surface area contributed by atoms with Crippen molar-refractivity contribution in [2.45, 2.75) is 59.5 Å². The molecule has 0 aromatic rings. The summed E-state index contributed by atoms with van der Waals surface area (Å²) < 4.78 is 0. The van der Waals surface area contributed by atoms with Crippen LogP contribution in [0.4, 0.5) is 0 Å². The summed E-state index contributed by atoms with van der Waals surface area (Å²) in [5, 5.41) is 0. The van der Waals surface area contributed by atoms with Gasteiger partial charge in [0.15, 0.2) is 0 Å². The second-order valence-corrected chi connectivity index (χ2v) is 5.76. The molecule has 16 heavy (non-hydrogen) atoms. The summed E-state index contributed by atoms with van der Waals surface area (Å²) >= 11 is 0. The highest BCUT2D eigenvalue weighted by Crippen LogP contribution is 2.20. The maximum absolute atomic E-state index is 2.65. The SMILES string of the molecule is CCN1CCC(CN(C(C)C)C(C)C)CC1. The van der Waals surface area contributed by atoms with Crippen molar-refractivity contribution in [2.24, 2.45) is 5.92 Å². The van der Waals surface area contributed by atoms with E-state index in [0.717, 1.165) is 5.92 Å². The largest absolute Gasteiger partial charge is 0.304 e. The summed E-state index contributed by atoms with van der Waals surface area (Å²) in [7, 11) is 0. The highest BCUT2D eigenvalue weighted by molar-refractivity contribution is 4.77. The lowest BCUT2D eigenvalue weighted by Crippen LogP contribution is -2.43. The molecule has 2 heteroatoms. The number of likely N-dealkylation sites (tertiary alicyclic amines) is 1. The summed E-state index contributed by atoms with van der Waals surface area (Å²) in [4.78, 5) is 5.22. The normalized spacial score (nSPS) is 20.2. The molecule has 0 aromatic carbocycles. The van der Waals surface area contributed by atoms with Gasteiger partial charge in [-0.15, -0.1) is 0 Å². The monoisotopic (exact) mass is 226 g/mol. The number of rotatable bonds is 5. The molecule has 0 aliphatic carbocycles. The van der Waals surface area contributed by atoms with Gasteiger partial charge >= 0.3 is 0 Å². The predicted octanol–water partition coefficient (Wildman–Crippen LogP) is 2.84. The lowest BCUT2D eigenvalue weighted by atomic mass is 9.95. The molecule has 1 saturated heterocycles. The van der Waals surface area contributed by atoms with E-state index in [-0.39, 0.29) is 0 Å². The quantitative estimate of drug-likeness (QED) is 0.711. The van der Waals surface area contributed by atoms with Crippen LogP contribution in [0.3, 0.4) is 0 Å². The Kier molecular flexibility index (Phi) is 5.77. The second-order valence-electron chi connectivity index (χ2n) is 5.76. The van der Waals surface area contributed by atoms with Gasteiger partial charge in [-0.05, 0) is 66.1 Å². The van der Waals surface area contributed by atoms with Gasteiger partial charge in [0.05, 0.1) is 0 Å². The fourth-order valence-corrected chi connectivity index (χ4v) is 2.80. The van der Waals surface area contributed by atoms with E-state index in [0.29, 0.717) is 12.1 Å². The van der Waals surface area contributed by atoms with E-state index in [1.54, 1.807) is 0 Å². The van der Waals surface area contributed by atoms with Gasteiger partial charge < -0.3 is 4.90 Å². The Balaban J connectivity index is 2.36. The first-order chi connectivity index (χ1) is 7.54. The Morgan fingerprint density at radius 1 is 1.06 bits per heavy atom. The number of hydrogen-bond donors (Lipinski definition) is 0. The van der Waals surface area contributed by atoms with Gasteiger partial charge in [-0.1, -0.05) is 6.92 Å². The van der Waals surface area contributed by atoms with E-state index >= 15 is 0 Å². The van der Waals surface area contributed by atoms with Gasteiger partial charge in [-0.25, -0.2) is 0 Å². The first-order valence-corrected chi connectivity index (χ1v) is 7.02. The molecule has 0 radical (unpaired) electrons. The van der Waals surface area contributed by atoms with Crippen LogP contribution >= 0.6 is 0 Å². The Morgan fingerprint density at radius 2 is 1.56 bits per heavy atom. The highest BCUT2D eigenvalue weighted by atomic mass is 15.2. The van der Waals surface area contributed by atoms with Crippen molar-refractivity contribution < 1.29 is 0 Å². The molecule has 0 saturated carbocycles. The lowest BCUT2D eigenvalue weighted by Gasteiger charge is -2.37. The van der Waals surface area contributed by atoms with Crippen molar-refractivity contribution in [1.29, 1.82) is 0 Å². The summed E-state index contributed by atoms with van der Waals surface area (Å²) in [5.41, 5.74) is 0. The minimum Gasteiger partial charge on any atom is -0.304 e. The minimum absolute atomic E-state index is 0.684. The van der Waals surface area contributed by atoms with E-state index in [1.165, 1.54) is 39.0 Å². The van der Waals surface area contributed by atoms with E-state index in [2.05, 4.69) is 44.4 Å². The summed E-state index contributed by atoms with van der Waals surface area (Å²) in [6.45, 7) is 16.7. The maximum atomic E-state index is 2.65. The molecule has 2 nitrogen and oxygen atoms in total. The van der Waals surface area contributed by atoms with Crippen molar-refractivity contribution in [3.05, 3.63) is 0 Å². The van der Waals surface area contributed by atoms with Crippen LogP contribution in [0.5, 0.6) is 0 Å². The molecule has 1 heterocycles. The standard InChI is InChI=1S/C14H30N2/c1-6-15-9-7-14(8-10-15)11-16(12(2)3)13(4)5/h12-14H,6-11H2,1-5H3. The Hall–Kier alpha value is -0.0800. The second kappa shape index (κ2) is 6.61. The molecular weight excluding hydrogens is 196 g/mol. The maximum Gasteiger partial charge on any atom is 0.00414 e. The Bertz CT molecular complexity index is 173. The zero-order valence-corrected chi connectivity index (χ0v) is 11.9. The van der Waals surface area contributed by atoms with Crippen LogP contribution in [0, 0.1) is 5.92 Å². The molecule has 1 aliphatic heterocycles. The van der Waals surface area contributed by atoms with Crippen LogP contribution in [0.15, 0.2) is 0 Å². The van der Waals surface area contributed by atoms with E-state index < -0.39 is 0 Å². The van der Waals surface area contributed by atoms with Crippen LogP contribution in [0.2, 0.25) is 0 Å². The summed E-state index contributed by atoms with van der Waals surface area (Å²) in [6, 6.07) is 1.37. The molecule has 96 valence electrons. The third-order valence-corrected chi connectivity index (χ3v) is 3.95. The van der Waals surface area contributed by atoms with Gasteiger partial charge in [0, 0.05) is 18.6 Å². The first-order valence-electron chi connectivity index (χ1n) is 7.02. The van der Waals surface area contributed by atoms with Crippen molar-refractivity contribution in [1.82, 2.24) is 9.80 Å². The van der Waals surface area contributed by atoms with Crippen LogP contribution < -0.4 is 0 Å². The molecule has 0 N–H and O–H groups in total. The molecule has 1 fully saturated rings. The van der Waals surface area contributed by atoms with Crippen molar-refractivity contribution in [2.75, 3.05) is 26.2 Å². The summed E-state index contributed by atoms with van der Waals surface area (Å²) in [6.07, 6.45) is 2.79. The van der Waals surface area contributed by atoms with E-state index in [4.69, 9.17) is 0 Å². The number of hydrogen-bond acceptors (Lipinski definition) is 2. The van der Waals surface area contributed by atoms with Crippen molar-refractivity contribution >= 4 is 0 Å². The van der Waals surface area contributed by atoms with Crippen LogP contribution in [0.1, 0.15) is 47.5 Å². The van der Waals surface area contributed by atoms with Crippen LogP contribution in [0.25, 0.3) is 0 Å². The van der Waals surface area contributed by atoms with E-state index in [9.17, 15) is 0 Å². The van der Waals surface area contributed by atoms with Gasteiger partial charge in [-0.3, -0.25) is 4.90 Å². The smallest absolute Gasteiger partial charge is 0.00414 e. The molecule has 0 unspecified atom stereocenters. The number of piperidine rings is 1. The molecule has 0 aromatic heterocycles. The molecule has 1 rings (SSSR count). The Labute approximate surface area is 102 Å². The van der Waals surface area contributed by atoms with Gasteiger partial charge in [0.2, 0.25) is 0 Å². The third-order valence-electron chi connectivity index (χ3n) is 3.95. The zero-order valence-electron chi connectivity index (χ0n) is 11.9. The predicted molar refractivity (Wildman–Crippen MR) is 71.8 cm³/mol. The zero-order chi connectivity index (χ0) is 12.1. The van der Waals surface area contributed by atoms with Gasteiger partial charge in [-0.2, -0.15) is 0 Å². The van der Waals surface area contributed by atoms with Crippen molar-refractivity contribution in [3.8, 4) is 0 Å². The van der Waals surface area contributed by atoms with E-state index in [1.807, 2.05) is 0 Å². The fourth-order valence-electron chi connectivity index (χ4n) is 2.80. The van der Waals surface area contributed by atoms with Gasteiger partial charge in [0.25, 0.3) is 0 Å². The molecule has 0 bridgehead atoms. The summed E-state index contributed by atoms with van der Waals surface area (Å²) in [5.74, 6) is 0.924. The Morgan fingerprint density at radius 3 is 1.94 bits per heavy atom. The minimum atomic E-state index is 0.684. The topological polar surface area (TPSA) is 6.48 Å². The fraction of sp³-hybridized carbons (Fsp3) is 1.00. The average Bonchev–Trinajstić information content (AvgIpc) is 2.25. The lowest BCUT2D eigenvalue weighted by molar-refractivity contribution is 0.107. The van der Waals surface area contributed by atoms with Crippen molar-refractivity contribution in [3.63, 3.8) is 0 Å². The third kappa shape index (κ3) is 4.06. The van der Waals surface area contributed by atoms with Crippen LogP contribution in [-0.4, -0.2) is 48.1 Å². The average molecular weight is 226 g/mol. The molecule has 0 amide bonds. The molecule has 0 spiro atoms. The number of nitrogens with zero attached hydrogens (tertiary/aromatic N) is 2. The first kappa shape index (κ1) is 14.0. The molecular formula is C14H30N2. The molecule has 1 aliphatic rings. The van der Waals surface area contributed by atoms with Crippen LogP contribution in [-0.2, 0) is 0 Å². The highest BCUT2D eigenvalue weighted by Gasteiger charge is 2.22.